The normalized spacial score (nSPS) is 10.8. The molecule has 1 N–H and O–H groups in total. The van der Waals surface area contributed by atoms with E-state index in [1.165, 1.54) is 0 Å². The first kappa shape index (κ1) is 12.8. The molecule has 18 heavy (non-hydrogen) atoms. The van der Waals surface area contributed by atoms with Crippen molar-refractivity contribution in [3.8, 4) is 0 Å². The Morgan fingerprint density at radius 1 is 1.22 bits per heavy atom. The van der Waals surface area contributed by atoms with Crippen LogP contribution in [0.3, 0.4) is 0 Å². The number of aromatic nitrogens is 2. The monoisotopic (exact) mass is 244 g/mol. The van der Waals surface area contributed by atoms with Crippen molar-refractivity contribution in [2.45, 2.75) is 13.3 Å². The number of likely N-dealkylation sites (N-methyl/N-ethyl adjacent to an activating group) is 1. The molecule has 0 aliphatic heterocycles. The predicted octanol–water partition coefficient (Wildman–Crippen LogP) is 2.07. The Morgan fingerprint density at radius 2 is 2.06 bits per heavy atom. The van der Waals surface area contributed by atoms with Crippen molar-refractivity contribution >= 4 is 16.6 Å². The van der Waals surface area contributed by atoms with E-state index in [0.29, 0.717) is 0 Å². The van der Waals surface area contributed by atoms with Gasteiger partial charge in [0.1, 0.15) is 0 Å². The van der Waals surface area contributed by atoms with E-state index >= 15 is 0 Å². The Kier molecular flexibility index (Phi) is 4.47. The van der Waals surface area contributed by atoms with Crippen LogP contribution in [0, 0.1) is 0 Å². The summed E-state index contributed by atoms with van der Waals surface area (Å²) < 4.78 is 0. The average molecular weight is 244 g/mol. The van der Waals surface area contributed by atoms with E-state index in [1.807, 2.05) is 18.3 Å². The highest BCUT2D eigenvalue weighted by Crippen LogP contribution is 2.21. The highest BCUT2D eigenvalue weighted by atomic mass is 15.2. The van der Waals surface area contributed by atoms with Crippen LogP contribution in [-0.2, 0) is 0 Å². The van der Waals surface area contributed by atoms with E-state index in [4.69, 9.17) is 0 Å². The molecule has 2 aromatic rings. The highest BCUT2D eigenvalue weighted by molar-refractivity contribution is 5.91. The molecule has 4 heteroatoms. The number of hydrogen-bond donors (Lipinski definition) is 1. The Balaban J connectivity index is 2.10. The third kappa shape index (κ3) is 2.96. The number of hydrogen-bond acceptors (Lipinski definition) is 4. The Labute approximate surface area is 108 Å². The van der Waals surface area contributed by atoms with Crippen molar-refractivity contribution in [2.24, 2.45) is 0 Å². The minimum absolute atomic E-state index is 0.933. The van der Waals surface area contributed by atoms with Gasteiger partial charge in [-0.05, 0) is 13.0 Å². The summed E-state index contributed by atoms with van der Waals surface area (Å²) >= 11 is 0. The summed E-state index contributed by atoms with van der Waals surface area (Å²) in [6.45, 7) is 5.14. The number of nitrogens with zero attached hydrogens (tertiary/aromatic N) is 3. The van der Waals surface area contributed by atoms with Crippen molar-refractivity contribution in [2.75, 3.05) is 31.6 Å². The fourth-order valence-corrected chi connectivity index (χ4v) is 1.95. The van der Waals surface area contributed by atoms with Crippen molar-refractivity contribution < 1.29 is 0 Å². The maximum absolute atomic E-state index is 4.25. The van der Waals surface area contributed by atoms with Crippen LogP contribution in [0.4, 0.5) is 5.82 Å². The smallest absolute Gasteiger partial charge is 0.158 e. The van der Waals surface area contributed by atoms with Crippen LogP contribution in [0.15, 0.2) is 30.5 Å². The molecular formula is C14H20N4. The average Bonchev–Trinajstić information content (AvgIpc) is 2.43. The summed E-state index contributed by atoms with van der Waals surface area (Å²) in [6, 6.07) is 8.22. The van der Waals surface area contributed by atoms with E-state index in [0.717, 1.165) is 42.6 Å². The minimum atomic E-state index is 0.933. The molecule has 96 valence electrons. The van der Waals surface area contributed by atoms with Gasteiger partial charge in [-0.2, -0.15) is 5.10 Å². The molecule has 0 fully saturated rings. The summed E-state index contributed by atoms with van der Waals surface area (Å²) in [4.78, 5) is 2.15. The number of nitrogens with one attached hydrogen (secondary N) is 1. The topological polar surface area (TPSA) is 41.0 Å². The molecule has 1 heterocycles. The van der Waals surface area contributed by atoms with Crippen LogP contribution in [0.25, 0.3) is 10.8 Å². The molecule has 2 rings (SSSR count). The molecular weight excluding hydrogens is 224 g/mol. The molecule has 0 spiro atoms. The second-order valence-electron chi connectivity index (χ2n) is 4.43. The van der Waals surface area contributed by atoms with Gasteiger partial charge in [-0.15, -0.1) is 5.10 Å². The lowest BCUT2D eigenvalue weighted by atomic mass is 10.2. The Morgan fingerprint density at radius 3 is 2.89 bits per heavy atom. The molecule has 1 aromatic heterocycles. The lowest BCUT2D eigenvalue weighted by Gasteiger charge is -2.19. The molecule has 4 nitrogen and oxygen atoms in total. The molecule has 0 amide bonds. The van der Waals surface area contributed by atoms with Gasteiger partial charge < -0.3 is 10.2 Å². The standard InChI is InChI=1S/C14H20N4/c1-3-8-15-9-10-18(2)14-13-7-5-4-6-12(13)11-16-17-14/h4-7,11,15H,3,8-10H2,1-2H3. The second kappa shape index (κ2) is 6.31. The molecule has 0 radical (unpaired) electrons. The van der Waals surface area contributed by atoms with E-state index in [2.05, 4.69) is 46.5 Å². The van der Waals surface area contributed by atoms with Crippen LogP contribution >= 0.6 is 0 Å². The molecule has 0 saturated carbocycles. The lowest BCUT2D eigenvalue weighted by molar-refractivity contribution is 0.663. The minimum Gasteiger partial charge on any atom is -0.356 e. The van der Waals surface area contributed by atoms with E-state index < -0.39 is 0 Å². The summed E-state index contributed by atoms with van der Waals surface area (Å²) in [7, 11) is 2.06. The lowest BCUT2D eigenvalue weighted by Crippen LogP contribution is -2.30. The van der Waals surface area contributed by atoms with Gasteiger partial charge in [-0.25, -0.2) is 0 Å². The zero-order valence-electron chi connectivity index (χ0n) is 11.1. The van der Waals surface area contributed by atoms with Gasteiger partial charge >= 0.3 is 0 Å². The second-order valence-corrected chi connectivity index (χ2v) is 4.43. The summed E-state index contributed by atoms with van der Waals surface area (Å²) in [5.41, 5.74) is 0. The van der Waals surface area contributed by atoms with Crippen LogP contribution in [0.2, 0.25) is 0 Å². The SMILES string of the molecule is CCCNCCN(C)c1nncc2ccccc12. The molecule has 0 aliphatic rings. The zero-order chi connectivity index (χ0) is 12.8. The fraction of sp³-hybridized carbons (Fsp3) is 0.429. The van der Waals surface area contributed by atoms with Crippen LogP contribution < -0.4 is 10.2 Å². The largest absolute Gasteiger partial charge is 0.356 e. The van der Waals surface area contributed by atoms with E-state index in [1.54, 1.807) is 0 Å². The quantitative estimate of drug-likeness (QED) is 0.790. The molecule has 0 saturated heterocycles. The first-order valence-electron chi connectivity index (χ1n) is 6.45. The highest BCUT2D eigenvalue weighted by Gasteiger charge is 2.07. The Bertz CT molecular complexity index is 493. The summed E-state index contributed by atoms with van der Waals surface area (Å²) in [5, 5.41) is 14.0. The first-order chi connectivity index (χ1) is 8.83. The molecule has 0 aliphatic carbocycles. The number of fused-ring (bicyclic) bond motifs is 1. The van der Waals surface area contributed by atoms with Gasteiger partial charge in [0, 0.05) is 30.9 Å². The number of rotatable bonds is 6. The number of benzene rings is 1. The molecule has 0 unspecified atom stereocenters. The maximum atomic E-state index is 4.25. The number of anilines is 1. The van der Waals surface area contributed by atoms with Crippen LogP contribution in [-0.4, -0.2) is 36.9 Å². The van der Waals surface area contributed by atoms with Gasteiger partial charge in [0.05, 0.1) is 6.20 Å². The maximum Gasteiger partial charge on any atom is 0.158 e. The van der Waals surface area contributed by atoms with Crippen molar-refractivity contribution in [1.82, 2.24) is 15.5 Å². The third-order valence-corrected chi connectivity index (χ3v) is 2.96. The summed E-state index contributed by atoms with van der Waals surface area (Å²) in [5.74, 6) is 0.950. The van der Waals surface area contributed by atoms with Gasteiger partial charge in [-0.1, -0.05) is 31.2 Å². The molecule has 0 bridgehead atoms. The molecule has 0 atom stereocenters. The predicted molar refractivity (Wildman–Crippen MR) is 76.0 cm³/mol. The van der Waals surface area contributed by atoms with Crippen molar-refractivity contribution in [1.29, 1.82) is 0 Å². The molecule has 1 aromatic carbocycles. The van der Waals surface area contributed by atoms with Gasteiger partial charge in [-0.3, -0.25) is 0 Å². The van der Waals surface area contributed by atoms with Crippen molar-refractivity contribution in [3.05, 3.63) is 30.5 Å². The van der Waals surface area contributed by atoms with Gasteiger partial charge in [0.15, 0.2) is 5.82 Å². The first-order valence-corrected chi connectivity index (χ1v) is 6.45. The van der Waals surface area contributed by atoms with Crippen LogP contribution in [0.1, 0.15) is 13.3 Å². The van der Waals surface area contributed by atoms with Crippen LogP contribution in [0.5, 0.6) is 0 Å². The van der Waals surface area contributed by atoms with E-state index in [9.17, 15) is 0 Å². The van der Waals surface area contributed by atoms with Gasteiger partial charge in [0.25, 0.3) is 0 Å². The third-order valence-electron chi connectivity index (χ3n) is 2.96. The fourth-order valence-electron chi connectivity index (χ4n) is 1.95. The van der Waals surface area contributed by atoms with Crippen molar-refractivity contribution in [3.63, 3.8) is 0 Å². The van der Waals surface area contributed by atoms with Gasteiger partial charge in [0.2, 0.25) is 0 Å². The Hall–Kier alpha value is -1.68. The zero-order valence-corrected chi connectivity index (χ0v) is 11.1. The van der Waals surface area contributed by atoms with E-state index in [-0.39, 0.29) is 0 Å². The summed E-state index contributed by atoms with van der Waals surface area (Å²) in [6.07, 6.45) is 2.97.